The van der Waals surface area contributed by atoms with Crippen molar-refractivity contribution >= 4 is 50.6 Å². The van der Waals surface area contributed by atoms with E-state index in [0.717, 1.165) is 55.9 Å². The molecule has 4 aromatic carbocycles. The Labute approximate surface area is 317 Å². The third-order valence-electron chi connectivity index (χ3n) is 9.12. The Balaban J connectivity index is 0.00000450. The number of para-hydroxylation sites is 3. The van der Waals surface area contributed by atoms with Crippen LogP contribution in [0.1, 0.15) is 62.3 Å². The first-order chi connectivity index (χ1) is 25.1. The molecule has 51 heavy (non-hydrogen) atoms. The van der Waals surface area contributed by atoms with Gasteiger partial charge in [0, 0.05) is 45.8 Å². The van der Waals surface area contributed by atoms with E-state index in [4.69, 9.17) is 18.8 Å². The summed E-state index contributed by atoms with van der Waals surface area (Å²) >= 11 is 0. The van der Waals surface area contributed by atoms with Gasteiger partial charge in [-0.1, -0.05) is 112 Å². The van der Waals surface area contributed by atoms with Gasteiger partial charge < -0.3 is 9.30 Å². The molecule has 0 saturated heterocycles. The minimum Gasteiger partial charge on any atom is -0.484 e. The van der Waals surface area contributed by atoms with E-state index in [0.29, 0.717) is 11.6 Å². The number of hydrogen-bond donors (Lipinski definition) is 0. The number of aryl methyl sites for hydroxylation is 1. The van der Waals surface area contributed by atoms with Crippen molar-refractivity contribution in [3.63, 3.8) is 0 Å². The first-order valence-electron chi connectivity index (χ1n) is 18.3. The summed E-state index contributed by atoms with van der Waals surface area (Å²) in [5.41, 5.74) is 7.41. The summed E-state index contributed by atoms with van der Waals surface area (Å²) in [5.74, 6) is 1.61. The van der Waals surface area contributed by atoms with Gasteiger partial charge in [-0.25, -0.2) is 4.98 Å². The average Bonchev–Trinajstić information content (AvgIpc) is 3.67. The van der Waals surface area contributed by atoms with Gasteiger partial charge in [-0.2, -0.15) is 6.07 Å². The van der Waals surface area contributed by atoms with Crippen LogP contribution in [-0.2, 0) is 31.9 Å². The Bertz CT molecular complexity index is 2640. The van der Waals surface area contributed by atoms with E-state index in [1.807, 2.05) is 76.1 Å². The summed E-state index contributed by atoms with van der Waals surface area (Å²) in [6.45, 7) is 10.9. The number of hydrogen-bond acceptors (Lipinski definition) is 3. The van der Waals surface area contributed by atoms with E-state index < -0.39 is 6.85 Å². The van der Waals surface area contributed by atoms with Gasteiger partial charge in [0.15, 0.2) is 0 Å². The summed E-state index contributed by atoms with van der Waals surface area (Å²) in [7, 11) is 0. The summed E-state index contributed by atoms with van der Waals surface area (Å²) < 4.78 is 36.0. The molecule has 1 aliphatic rings. The van der Waals surface area contributed by atoms with Crippen molar-refractivity contribution in [2.75, 3.05) is 0 Å². The molecule has 8 rings (SSSR count). The summed E-state index contributed by atoms with van der Waals surface area (Å²) in [6, 6.07) is 42.0. The Morgan fingerprint density at radius 2 is 1.45 bits per heavy atom. The zero-order valence-corrected chi connectivity index (χ0v) is 31.6. The van der Waals surface area contributed by atoms with Gasteiger partial charge in [-0.15, -0.1) is 22.5 Å². The molecule has 0 N–H and O–H groups in total. The molecule has 0 atom stereocenters. The minimum absolute atomic E-state index is 0. The quantitative estimate of drug-likeness (QED) is 0.128. The number of ether oxygens (including phenoxy) is 1. The molecule has 7 aromatic rings. The molecule has 0 radical (unpaired) electrons. The van der Waals surface area contributed by atoms with Crippen LogP contribution >= 0.6 is 0 Å². The van der Waals surface area contributed by atoms with Gasteiger partial charge in [0.2, 0.25) is 5.69 Å². The molecule has 0 aliphatic carbocycles. The van der Waals surface area contributed by atoms with Crippen molar-refractivity contribution in [3.8, 4) is 17.4 Å². The third kappa shape index (κ3) is 6.35. The van der Waals surface area contributed by atoms with Crippen molar-refractivity contribution in [3.05, 3.63) is 138 Å². The van der Waals surface area contributed by atoms with E-state index in [1.165, 1.54) is 5.56 Å². The van der Waals surface area contributed by atoms with Crippen LogP contribution < -0.4 is 13.9 Å². The predicted molar refractivity (Wildman–Crippen MR) is 203 cm³/mol. The molecule has 0 amide bonds. The van der Waals surface area contributed by atoms with Crippen molar-refractivity contribution in [2.24, 2.45) is 0 Å². The zero-order chi connectivity index (χ0) is 37.3. The minimum atomic E-state index is -2.18. The van der Waals surface area contributed by atoms with E-state index in [9.17, 15) is 0 Å². The van der Waals surface area contributed by atoms with Crippen LogP contribution in [0.3, 0.4) is 0 Å². The predicted octanol–water partition coefficient (Wildman–Crippen LogP) is 10.7. The summed E-state index contributed by atoms with van der Waals surface area (Å²) in [5, 5.41) is 2.01. The largest absolute Gasteiger partial charge is 2.00 e. The monoisotopic (exact) mass is 851 g/mol. The fourth-order valence-electron chi connectivity index (χ4n) is 6.35. The van der Waals surface area contributed by atoms with Crippen LogP contribution in [0.15, 0.2) is 109 Å². The summed E-state index contributed by atoms with van der Waals surface area (Å²) in [4.78, 5) is 9.54. The van der Waals surface area contributed by atoms with Gasteiger partial charge >= 0.3 is 27.1 Å². The van der Waals surface area contributed by atoms with Gasteiger partial charge in [0.25, 0.3) is 11.4 Å². The van der Waals surface area contributed by atoms with Crippen LogP contribution in [0.2, 0.25) is 0 Å². The zero-order valence-electron chi connectivity index (χ0n) is 32.4. The van der Waals surface area contributed by atoms with E-state index in [-0.39, 0.29) is 37.5 Å². The van der Waals surface area contributed by atoms with Crippen LogP contribution in [0.25, 0.3) is 27.6 Å². The molecule has 3 aromatic heterocycles. The standard InChI is InChI=1S/C44H39N5O.Pt/c1-29-16-18-32(19-17-29)47-28-48(39-15-11-10-14-38(39)47)33-22-31(44(5,6)7)23-34(25-33)50-42-26-40-36(27-46-42)35-12-8-9-13-37(35)49(40)41-24-30(20-21-45-41)43(2,3)4;/h8-24,27H,1-7H3;/q;+2/i1D3;. The molecule has 6 nitrogen and oxygen atoms in total. The van der Waals surface area contributed by atoms with Gasteiger partial charge in [-0.05, 0) is 52.2 Å². The van der Waals surface area contributed by atoms with Gasteiger partial charge in [-0.3, -0.25) is 4.98 Å². The first-order valence-corrected chi connectivity index (χ1v) is 16.8. The number of rotatable bonds is 5. The fraction of sp³-hybridized carbons (Fsp3) is 0.205. The first kappa shape index (κ1) is 30.7. The molecule has 0 spiro atoms. The molecule has 4 heterocycles. The molecule has 0 fully saturated rings. The molecule has 254 valence electrons. The number of fused-ring (bicyclic) bond motifs is 4. The number of nitrogens with zero attached hydrogens (tertiary/aromatic N) is 5. The van der Waals surface area contributed by atoms with E-state index in [2.05, 4.69) is 94.6 Å². The number of pyridine rings is 2. The molecular formula is C44H39N5OPt+2. The second-order valence-corrected chi connectivity index (χ2v) is 14.7. The molecule has 0 unspecified atom stereocenters. The van der Waals surface area contributed by atoms with E-state index >= 15 is 0 Å². The summed E-state index contributed by atoms with van der Waals surface area (Å²) in [6.07, 6.45) is 3.71. The van der Waals surface area contributed by atoms with Crippen molar-refractivity contribution < 1.29 is 29.9 Å². The molecule has 0 bridgehead atoms. The maximum atomic E-state index is 7.80. The SMILES string of the molecule is [2H]C([2H])([2H])c1ccc([N+]2=C=[N+](c3[c-]c(Oc4[c-]c5c(cn4)c4ccccc4n5-c4cc(C(C)(C)C)ccn4)cc(C(C)(C)C)c3)c3ccccc32)cc1.[Pt+2]. The van der Waals surface area contributed by atoms with Crippen LogP contribution in [0.4, 0.5) is 22.7 Å². The number of benzene rings is 4. The second kappa shape index (κ2) is 12.9. The third-order valence-corrected chi connectivity index (χ3v) is 9.12. The van der Waals surface area contributed by atoms with Crippen LogP contribution in [0.5, 0.6) is 11.6 Å². The Morgan fingerprint density at radius 3 is 2.18 bits per heavy atom. The molecule has 1 aliphatic heterocycles. The topological polar surface area (TPSA) is 46.0 Å². The second-order valence-electron chi connectivity index (χ2n) is 14.7. The maximum absolute atomic E-state index is 7.80. The van der Waals surface area contributed by atoms with Crippen molar-refractivity contribution in [1.82, 2.24) is 23.7 Å². The Kier molecular flexibility index (Phi) is 7.74. The fourth-order valence-corrected chi connectivity index (χ4v) is 6.35. The van der Waals surface area contributed by atoms with Crippen LogP contribution in [-0.4, -0.2) is 20.5 Å². The van der Waals surface area contributed by atoms with Gasteiger partial charge in [0.1, 0.15) is 17.4 Å². The van der Waals surface area contributed by atoms with Crippen molar-refractivity contribution in [1.29, 1.82) is 0 Å². The van der Waals surface area contributed by atoms with Gasteiger partial charge in [0.05, 0.1) is 0 Å². The Morgan fingerprint density at radius 1 is 0.745 bits per heavy atom. The average molecular weight is 852 g/mol. The van der Waals surface area contributed by atoms with Crippen LogP contribution in [0, 0.1) is 19.0 Å². The smallest absolute Gasteiger partial charge is 0.484 e. The normalized spacial score (nSPS) is 13.9. The molecule has 7 heteroatoms. The molecule has 0 saturated carbocycles. The molecular weight excluding hydrogens is 810 g/mol. The maximum Gasteiger partial charge on any atom is 2.00 e. The van der Waals surface area contributed by atoms with Crippen molar-refractivity contribution in [2.45, 2.75) is 59.2 Å². The Hall–Kier alpha value is -5.15. The van der Waals surface area contributed by atoms with E-state index in [1.54, 1.807) is 12.1 Å². The number of aromatic nitrogens is 3.